The number of methoxy groups -OCH3 is 3. The lowest BCUT2D eigenvalue weighted by molar-refractivity contribution is -0.138. The van der Waals surface area contributed by atoms with E-state index in [1.165, 1.54) is 19.3 Å². The van der Waals surface area contributed by atoms with Crippen molar-refractivity contribution in [3.05, 3.63) is 69.3 Å². The summed E-state index contributed by atoms with van der Waals surface area (Å²) in [6.45, 7) is 3.76. The van der Waals surface area contributed by atoms with Gasteiger partial charge in [-0.1, -0.05) is 6.08 Å². The first kappa shape index (κ1) is 36.8. The molecule has 0 radical (unpaired) electrons. The molecule has 1 aliphatic carbocycles. The minimum Gasteiger partial charge on any atom is -0.497 e. The Kier molecular flexibility index (Phi) is 14.8. The summed E-state index contributed by atoms with van der Waals surface area (Å²) in [7, 11) is 4.58. The largest absolute Gasteiger partial charge is 0.497 e. The molecule has 12 heteroatoms. The molecular weight excluding hydrogens is 707 g/mol. The van der Waals surface area contributed by atoms with E-state index in [4.69, 9.17) is 18.9 Å². The van der Waals surface area contributed by atoms with Crippen LogP contribution in [0, 0.1) is 3.57 Å². The minimum absolute atomic E-state index is 0.0371. The molecule has 11 nitrogen and oxygen atoms in total. The van der Waals surface area contributed by atoms with E-state index in [0.29, 0.717) is 45.3 Å². The van der Waals surface area contributed by atoms with Crippen molar-refractivity contribution in [1.29, 1.82) is 0 Å². The zero-order valence-electron chi connectivity index (χ0n) is 26.5. The minimum atomic E-state index is -1.23. The second kappa shape index (κ2) is 18.5. The van der Waals surface area contributed by atoms with Gasteiger partial charge in [0.2, 0.25) is 11.8 Å². The van der Waals surface area contributed by atoms with Crippen molar-refractivity contribution in [3.63, 3.8) is 0 Å². The lowest BCUT2D eigenvalue weighted by Crippen LogP contribution is -2.55. The first-order chi connectivity index (χ1) is 22.2. The molecule has 0 saturated carbocycles. The summed E-state index contributed by atoms with van der Waals surface area (Å²) in [5.74, 6) is 1.23. The summed E-state index contributed by atoms with van der Waals surface area (Å²) >= 11 is 2.01. The summed E-state index contributed by atoms with van der Waals surface area (Å²) in [5, 5.41) is 23.8. The summed E-state index contributed by atoms with van der Waals surface area (Å²) < 4.78 is 23.3. The number of benzene rings is 2. The Hall–Kier alpha value is -3.62. The van der Waals surface area contributed by atoms with Crippen LogP contribution in [0.4, 0.5) is 0 Å². The van der Waals surface area contributed by atoms with Gasteiger partial charge in [-0.25, -0.2) is 0 Å². The van der Waals surface area contributed by atoms with Crippen molar-refractivity contribution in [2.24, 2.45) is 0 Å². The van der Waals surface area contributed by atoms with E-state index in [-0.39, 0.29) is 49.9 Å². The molecule has 3 unspecified atom stereocenters. The first-order valence-electron chi connectivity index (χ1n) is 15.1. The third-order valence-electron chi connectivity index (χ3n) is 7.74. The highest BCUT2D eigenvalue weighted by atomic mass is 127. The summed E-state index contributed by atoms with van der Waals surface area (Å²) in [6.07, 6.45) is 4.64. The number of nitrogens with zero attached hydrogens (tertiary/aromatic N) is 1. The number of halogens is 1. The summed E-state index contributed by atoms with van der Waals surface area (Å²) in [4.78, 5) is 40.2. The number of aldehydes is 1. The van der Waals surface area contributed by atoms with Crippen LogP contribution in [0.1, 0.15) is 48.0 Å². The van der Waals surface area contributed by atoms with Gasteiger partial charge < -0.3 is 39.4 Å². The monoisotopic (exact) mass is 750 g/mol. The molecule has 2 aromatic carbocycles. The van der Waals surface area contributed by atoms with E-state index < -0.39 is 24.2 Å². The lowest BCUT2D eigenvalue weighted by Gasteiger charge is -2.41. The molecule has 0 heterocycles. The summed E-state index contributed by atoms with van der Waals surface area (Å²) in [5.41, 5.74) is 1.50. The molecular formula is C34H43IN2O9. The predicted octanol–water partition coefficient (Wildman–Crippen LogP) is 3.86. The molecule has 0 aliphatic heterocycles. The number of hydrogen-bond acceptors (Lipinski definition) is 9. The number of nitrogens with one attached hydrogen (secondary N) is 1. The molecule has 0 aromatic heterocycles. The highest BCUT2D eigenvalue weighted by molar-refractivity contribution is 14.1. The third-order valence-corrected chi connectivity index (χ3v) is 8.54. The van der Waals surface area contributed by atoms with Gasteiger partial charge in [0.05, 0.1) is 37.5 Å². The van der Waals surface area contributed by atoms with Crippen LogP contribution in [0.25, 0.3) is 0 Å². The van der Waals surface area contributed by atoms with Crippen LogP contribution in [-0.2, 0) is 16.0 Å². The van der Waals surface area contributed by atoms with E-state index in [9.17, 15) is 24.6 Å². The van der Waals surface area contributed by atoms with E-state index in [1.54, 1.807) is 37.3 Å². The maximum Gasteiger partial charge on any atom is 0.247 e. The zero-order chi connectivity index (χ0) is 33.6. The number of amides is 2. The Morgan fingerprint density at radius 3 is 2.52 bits per heavy atom. The molecule has 2 aromatic rings. The van der Waals surface area contributed by atoms with Gasteiger partial charge in [-0.2, -0.15) is 0 Å². The fourth-order valence-electron chi connectivity index (χ4n) is 5.34. The first-order valence-corrected chi connectivity index (χ1v) is 16.2. The standard InChI is InChI=1S/C34H43IN2O9/c1-5-6-7-8-9-31(40)37(14-12-23-18-25(43-2)10-11-28(23)44-3)27-19-24(34(42)36-13-15-38)20-29(32(27)41)46-33-26(35)16-22(21-39)17-30(33)45-4/h5,10-11,16-18,20-21,27,29,32,38,41H,1,6-9,12-15,19H2,2-4H3,(H,36,42). The van der Waals surface area contributed by atoms with Gasteiger partial charge >= 0.3 is 0 Å². The second-order valence-electron chi connectivity index (χ2n) is 10.7. The molecule has 0 spiro atoms. The van der Waals surface area contributed by atoms with Crippen LogP contribution in [-0.4, -0.2) is 92.5 Å². The Morgan fingerprint density at radius 1 is 1.11 bits per heavy atom. The Morgan fingerprint density at radius 2 is 1.87 bits per heavy atom. The maximum atomic E-state index is 13.9. The van der Waals surface area contributed by atoms with Gasteiger partial charge in [-0.15, -0.1) is 6.58 Å². The van der Waals surface area contributed by atoms with Gasteiger partial charge in [-0.05, 0) is 90.2 Å². The van der Waals surface area contributed by atoms with Gasteiger partial charge in [0.1, 0.15) is 30.0 Å². The normalized spacial score (nSPS) is 17.3. The van der Waals surface area contributed by atoms with E-state index >= 15 is 0 Å². The molecule has 46 heavy (non-hydrogen) atoms. The molecule has 0 saturated heterocycles. The zero-order valence-corrected chi connectivity index (χ0v) is 28.7. The van der Waals surface area contributed by atoms with Gasteiger partial charge in [0.25, 0.3) is 0 Å². The predicted molar refractivity (Wildman–Crippen MR) is 182 cm³/mol. The Bertz CT molecular complexity index is 1400. The number of rotatable bonds is 18. The van der Waals surface area contributed by atoms with E-state index in [2.05, 4.69) is 11.9 Å². The SMILES string of the molecule is C=CCCCCC(=O)N(CCc1cc(OC)ccc1OC)C1CC(C(=O)NCCO)=CC(Oc2c(I)cc(C=O)cc2OC)C1O. The van der Waals surface area contributed by atoms with Crippen molar-refractivity contribution < 1.29 is 43.5 Å². The smallest absolute Gasteiger partial charge is 0.247 e. The number of allylic oxidation sites excluding steroid dienone is 1. The van der Waals surface area contributed by atoms with E-state index in [1.807, 2.05) is 34.7 Å². The number of hydrogen-bond donors (Lipinski definition) is 3. The topological polar surface area (TPSA) is 144 Å². The van der Waals surface area contributed by atoms with Crippen LogP contribution in [0.5, 0.6) is 23.0 Å². The lowest BCUT2D eigenvalue weighted by atomic mass is 9.87. The van der Waals surface area contributed by atoms with Crippen molar-refractivity contribution in [2.75, 3.05) is 41.0 Å². The van der Waals surface area contributed by atoms with Gasteiger partial charge in [0.15, 0.2) is 11.5 Å². The number of carbonyl (C=O) groups excluding carboxylic acids is 3. The fraction of sp³-hybridized carbons (Fsp3) is 0.441. The molecule has 2 amide bonds. The molecule has 1 aliphatic rings. The van der Waals surface area contributed by atoms with E-state index in [0.717, 1.165) is 18.4 Å². The average Bonchev–Trinajstić information content (AvgIpc) is 3.07. The highest BCUT2D eigenvalue weighted by Gasteiger charge is 2.40. The van der Waals surface area contributed by atoms with Gasteiger partial charge in [-0.3, -0.25) is 14.4 Å². The molecule has 250 valence electrons. The van der Waals surface area contributed by atoms with Crippen LogP contribution in [0.3, 0.4) is 0 Å². The Balaban J connectivity index is 2.03. The number of aliphatic hydroxyl groups is 2. The quantitative estimate of drug-likeness (QED) is 0.0896. The molecule has 3 rings (SSSR count). The summed E-state index contributed by atoms with van der Waals surface area (Å²) in [6, 6.07) is 7.75. The maximum absolute atomic E-state index is 13.9. The third kappa shape index (κ3) is 9.69. The number of aliphatic hydroxyl groups excluding tert-OH is 2. The van der Waals surface area contributed by atoms with Gasteiger partial charge in [0, 0.05) is 37.1 Å². The highest BCUT2D eigenvalue weighted by Crippen LogP contribution is 2.37. The molecule has 3 N–H and O–H groups in total. The van der Waals surface area contributed by atoms with Crippen LogP contribution in [0.15, 0.2) is 54.6 Å². The van der Waals surface area contributed by atoms with Crippen molar-refractivity contribution in [1.82, 2.24) is 10.2 Å². The molecule has 0 bridgehead atoms. The molecule has 3 atom stereocenters. The fourth-order valence-corrected chi connectivity index (χ4v) is 6.09. The number of ether oxygens (including phenoxy) is 4. The van der Waals surface area contributed by atoms with Crippen LogP contribution >= 0.6 is 22.6 Å². The van der Waals surface area contributed by atoms with Crippen molar-refractivity contribution in [2.45, 2.75) is 56.8 Å². The number of unbranched alkanes of at least 4 members (excludes halogenated alkanes) is 2. The second-order valence-corrected chi connectivity index (χ2v) is 11.9. The molecule has 0 fully saturated rings. The van der Waals surface area contributed by atoms with Crippen molar-refractivity contribution >= 4 is 40.7 Å². The van der Waals surface area contributed by atoms with Crippen LogP contribution < -0.4 is 24.3 Å². The van der Waals surface area contributed by atoms with Crippen LogP contribution in [0.2, 0.25) is 0 Å². The average molecular weight is 751 g/mol. The van der Waals surface area contributed by atoms with Crippen molar-refractivity contribution in [3.8, 4) is 23.0 Å². The Labute approximate surface area is 283 Å². The number of carbonyl (C=O) groups is 3.